The van der Waals surface area contributed by atoms with E-state index < -0.39 is 28.3 Å². The minimum absolute atomic E-state index is 0.0695. The number of hydrogen-bond acceptors (Lipinski definition) is 8. The van der Waals surface area contributed by atoms with E-state index in [2.05, 4.69) is 26.5 Å². The van der Waals surface area contributed by atoms with Crippen molar-refractivity contribution in [2.24, 2.45) is 5.10 Å². The van der Waals surface area contributed by atoms with Crippen LogP contribution in [0.4, 0.5) is 10.1 Å². The zero-order valence-electron chi connectivity index (χ0n) is 24.0. The average molecular weight is 687 g/mol. The molecule has 0 atom stereocenters. The number of hydrazone groups is 1. The highest BCUT2D eigenvalue weighted by molar-refractivity contribution is 9.10. The van der Waals surface area contributed by atoms with Crippen molar-refractivity contribution in [2.45, 2.75) is 11.5 Å². The molecule has 44 heavy (non-hydrogen) atoms. The summed E-state index contributed by atoms with van der Waals surface area (Å²) in [6, 6.07) is 21.8. The summed E-state index contributed by atoms with van der Waals surface area (Å²) in [6.07, 6.45) is 1.37. The number of methoxy groups -OCH3 is 3. The van der Waals surface area contributed by atoms with E-state index >= 15 is 0 Å². The standard InChI is InChI=1S/C31H29BrFN3O7S/c1-40-27-14-13-25(17-28(27)41-2)44(38,39)36(24-11-9-23(33)10-12-24)19-30(37)35-34-18-22-15-26(32)31(29(16-22)42-3)43-20-21-7-5-4-6-8-21/h4-18H,19-20H2,1-3H3,(H,35,37)/b34-18-. The molecule has 0 fully saturated rings. The molecule has 0 heterocycles. The molecule has 4 aromatic rings. The predicted octanol–water partition coefficient (Wildman–Crippen LogP) is 5.54. The van der Waals surface area contributed by atoms with Gasteiger partial charge in [-0.05, 0) is 75.6 Å². The minimum Gasteiger partial charge on any atom is -0.493 e. The number of nitrogens with zero attached hydrogens (tertiary/aromatic N) is 2. The van der Waals surface area contributed by atoms with E-state index in [4.69, 9.17) is 18.9 Å². The number of carbonyl (C=O) groups excluding carboxylic acids is 1. The van der Waals surface area contributed by atoms with Gasteiger partial charge in [-0.2, -0.15) is 5.10 Å². The second-order valence-corrected chi connectivity index (χ2v) is 11.8. The van der Waals surface area contributed by atoms with E-state index in [1.807, 2.05) is 30.3 Å². The summed E-state index contributed by atoms with van der Waals surface area (Å²) in [7, 11) is -0.0200. The Balaban J connectivity index is 1.52. The summed E-state index contributed by atoms with van der Waals surface area (Å²) < 4.78 is 64.3. The van der Waals surface area contributed by atoms with Crippen molar-refractivity contribution in [3.05, 3.63) is 106 Å². The largest absolute Gasteiger partial charge is 0.493 e. The first-order valence-corrected chi connectivity index (χ1v) is 15.3. The Morgan fingerprint density at radius 2 is 1.59 bits per heavy atom. The molecule has 0 aliphatic heterocycles. The fourth-order valence-corrected chi connectivity index (χ4v) is 6.07. The smallest absolute Gasteiger partial charge is 0.264 e. The number of benzene rings is 4. The molecular formula is C31H29BrFN3O7S. The van der Waals surface area contributed by atoms with E-state index in [0.29, 0.717) is 33.9 Å². The number of hydrogen-bond donors (Lipinski definition) is 1. The highest BCUT2D eigenvalue weighted by Crippen LogP contribution is 2.37. The zero-order valence-corrected chi connectivity index (χ0v) is 26.4. The summed E-state index contributed by atoms with van der Waals surface area (Å²) >= 11 is 3.49. The van der Waals surface area contributed by atoms with Crippen LogP contribution in [0.15, 0.2) is 99.4 Å². The number of sulfonamides is 1. The Bertz CT molecular complexity index is 1740. The quantitative estimate of drug-likeness (QED) is 0.145. The van der Waals surface area contributed by atoms with Crippen LogP contribution in [0.1, 0.15) is 11.1 Å². The van der Waals surface area contributed by atoms with Gasteiger partial charge in [-0.25, -0.2) is 18.2 Å². The number of carbonyl (C=O) groups is 1. The number of anilines is 1. The molecule has 0 unspecified atom stereocenters. The Hall–Kier alpha value is -4.62. The van der Waals surface area contributed by atoms with Gasteiger partial charge in [0.15, 0.2) is 23.0 Å². The minimum atomic E-state index is -4.32. The maximum atomic E-state index is 13.7. The van der Waals surface area contributed by atoms with E-state index in [9.17, 15) is 17.6 Å². The molecule has 0 spiro atoms. The molecule has 0 aliphatic carbocycles. The summed E-state index contributed by atoms with van der Waals surface area (Å²) in [5, 5.41) is 3.99. The van der Waals surface area contributed by atoms with Crippen molar-refractivity contribution in [1.29, 1.82) is 0 Å². The lowest BCUT2D eigenvalue weighted by Gasteiger charge is -2.24. The van der Waals surface area contributed by atoms with Gasteiger partial charge < -0.3 is 18.9 Å². The maximum Gasteiger partial charge on any atom is 0.264 e. The number of halogens is 2. The fourth-order valence-electron chi connectivity index (χ4n) is 4.06. The molecule has 0 aliphatic rings. The molecule has 0 radical (unpaired) electrons. The maximum absolute atomic E-state index is 13.7. The molecular weight excluding hydrogens is 657 g/mol. The molecule has 0 aromatic heterocycles. The van der Waals surface area contributed by atoms with Gasteiger partial charge in [0.2, 0.25) is 0 Å². The molecule has 230 valence electrons. The average Bonchev–Trinajstić information content (AvgIpc) is 3.03. The summed E-state index contributed by atoms with van der Waals surface area (Å²) in [4.78, 5) is 12.8. The molecule has 0 bridgehead atoms. The van der Waals surface area contributed by atoms with Gasteiger partial charge in [-0.3, -0.25) is 9.10 Å². The van der Waals surface area contributed by atoms with Gasteiger partial charge in [0.05, 0.1) is 42.6 Å². The van der Waals surface area contributed by atoms with Crippen LogP contribution in [0.3, 0.4) is 0 Å². The second-order valence-electron chi connectivity index (χ2n) is 9.11. The number of amides is 1. The zero-order chi connectivity index (χ0) is 31.7. The van der Waals surface area contributed by atoms with E-state index in [-0.39, 0.29) is 16.3 Å². The number of nitrogens with one attached hydrogen (secondary N) is 1. The van der Waals surface area contributed by atoms with Crippen molar-refractivity contribution in [1.82, 2.24) is 5.43 Å². The molecule has 0 saturated heterocycles. The van der Waals surface area contributed by atoms with Gasteiger partial charge in [-0.15, -0.1) is 0 Å². The second kappa shape index (κ2) is 14.7. The van der Waals surface area contributed by atoms with Crippen LogP contribution in [-0.4, -0.2) is 48.4 Å². The highest BCUT2D eigenvalue weighted by Gasteiger charge is 2.28. The van der Waals surface area contributed by atoms with Gasteiger partial charge in [0, 0.05) is 6.07 Å². The normalized spacial score (nSPS) is 11.2. The number of ether oxygens (including phenoxy) is 4. The first-order valence-electron chi connectivity index (χ1n) is 13.0. The number of rotatable bonds is 13. The third kappa shape index (κ3) is 7.85. The Morgan fingerprint density at radius 1 is 0.909 bits per heavy atom. The Labute approximate surface area is 263 Å². The third-order valence-electron chi connectivity index (χ3n) is 6.23. The van der Waals surface area contributed by atoms with Crippen LogP contribution < -0.4 is 28.7 Å². The molecule has 10 nitrogen and oxygen atoms in total. The Morgan fingerprint density at radius 3 is 2.25 bits per heavy atom. The van der Waals surface area contributed by atoms with Crippen molar-refractivity contribution >= 4 is 43.8 Å². The third-order valence-corrected chi connectivity index (χ3v) is 8.58. The van der Waals surface area contributed by atoms with Gasteiger partial charge >= 0.3 is 0 Å². The fraction of sp³-hybridized carbons (Fsp3) is 0.161. The Kier molecular flexibility index (Phi) is 10.8. The van der Waals surface area contributed by atoms with Crippen LogP contribution in [0, 0.1) is 5.82 Å². The summed E-state index contributed by atoms with van der Waals surface area (Å²) in [6.45, 7) is -0.324. The molecule has 1 N–H and O–H groups in total. The lowest BCUT2D eigenvalue weighted by molar-refractivity contribution is -0.119. The summed E-state index contributed by atoms with van der Waals surface area (Å²) in [5.41, 5.74) is 3.96. The summed E-state index contributed by atoms with van der Waals surface area (Å²) in [5.74, 6) is 0.123. The van der Waals surface area contributed by atoms with Crippen LogP contribution in [0.2, 0.25) is 0 Å². The van der Waals surface area contributed by atoms with Crippen LogP contribution in [0.25, 0.3) is 0 Å². The lowest BCUT2D eigenvalue weighted by Crippen LogP contribution is -2.39. The van der Waals surface area contributed by atoms with Gasteiger partial charge in [0.25, 0.3) is 15.9 Å². The SMILES string of the molecule is COc1ccc(S(=O)(=O)N(CC(=O)N/N=C\c2cc(Br)c(OCc3ccccc3)c(OC)c2)c2ccc(F)cc2)cc1OC. The highest BCUT2D eigenvalue weighted by atomic mass is 79.9. The van der Waals surface area contributed by atoms with Gasteiger partial charge in [-0.1, -0.05) is 30.3 Å². The van der Waals surface area contributed by atoms with Crippen LogP contribution >= 0.6 is 15.9 Å². The van der Waals surface area contributed by atoms with E-state index in [1.54, 1.807) is 12.1 Å². The monoisotopic (exact) mass is 685 g/mol. The van der Waals surface area contributed by atoms with Crippen molar-refractivity contribution in [3.8, 4) is 23.0 Å². The molecule has 4 rings (SSSR count). The molecule has 0 saturated carbocycles. The predicted molar refractivity (Wildman–Crippen MR) is 168 cm³/mol. The van der Waals surface area contributed by atoms with E-state index in [0.717, 1.165) is 22.0 Å². The van der Waals surface area contributed by atoms with Crippen LogP contribution in [-0.2, 0) is 21.4 Å². The lowest BCUT2D eigenvalue weighted by atomic mass is 10.2. The first-order chi connectivity index (χ1) is 21.2. The van der Waals surface area contributed by atoms with Gasteiger partial charge in [0.1, 0.15) is 19.0 Å². The van der Waals surface area contributed by atoms with Crippen molar-refractivity contribution in [3.63, 3.8) is 0 Å². The topological polar surface area (TPSA) is 116 Å². The van der Waals surface area contributed by atoms with Crippen molar-refractivity contribution < 1.29 is 36.6 Å². The van der Waals surface area contributed by atoms with Crippen molar-refractivity contribution in [2.75, 3.05) is 32.2 Å². The first kappa shape index (κ1) is 32.3. The molecule has 1 amide bonds. The molecule has 13 heteroatoms. The van der Waals surface area contributed by atoms with E-state index in [1.165, 1.54) is 57.9 Å². The van der Waals surface area contributed by atoms with Crippen LogP contribution in [0.5, 0.6) is 23.0 Å². The molecule has 4 aromatic carbocycles.